The summed E-state index contributed by atoms with van der Waals surface area (Å²) >= 11 is 0. The van der Waals surface area contributed by atoms with Gasteiger partial charge in [0.2, 0.25) is 12.2 Å². The van der Waals surface area contributed by atoms with Crippen molar-refractivity contribution in [3.8, 4) is 5.75 Å². The average molecular weight is 635 g/mol. The molecule has 0 bridgehead atoms. The van der Waals surface area contributed by atoms with Gasteiger partial charge in [-0.1, -0.05) is 24.6 Å². The number of esters is 1. The van der Waals surface area contributed by atoms with Crippen LogP contribution in [0.15, 0.2) is 36.4 Å². The molecule has 5 rings (SSSR count). The first-order valence-electron chi connectivity index (χ1n) is 16.0. The molecule has 12 nitrogen and oxygen atoms in total. The minimum Gasteiger partial charge on any atom is -0.475 e. The third kappa shape index (κ3) is 7.11. The Morgan fingerprint density at radius 1 is 1.07 bits per heavy atom. The average Bonchev–Trinajstić information content (AvgIpc) is 3.01. The van der Waals surface area contributed by atoms with E-state index in [0.717, 1.165) is 12.0 Å². The van der Waals surface area contributed by atoms with Gasteiger partial charge in [0, 0.05) is 51.1 Å². The first kappa shape index (κ1) is 32.8. The third-order valence-corrected chi connectivity index (χ3v) is 8.76. The van der Waals surface area contributed by atoms with Crippen LogP contribution in [0.25, 0.3) is 0 Å². The summed E-state index contributed by atoms with van der Waals surface area (Å²) in [6.07, 6.45) is 2.05. The van der Waals surface area contributed by atoms with Crippen molar-refractivity contribution >= 4 is 35.5 Å². The van der Waals surface area contributed by atoms with Gasteiger partial charge in [0.1, 0.15) is 5.75 Å². The van der Waals surface area contributed by atoms with E-state index in [-0.39, 0.29) is 43.4 Å². The lowest BCUT2D eigenvalue weighted by atomic mass is 9.77. The van der Waals surface area contributed by atoms with Gasteiger partial charge in [0.15, 0.2) is 5.60 Å². The lowest BCUT2D eigenvalue weighted by Gasteiger charge is -2.47. The van der Waals surface area contributed by atoms with Gasteiger partial charge in [-0.3, -0.25) is 14.4 Å². The van der Waals surface area contributed by atoms with Gasteiger partial charge in [-0.25, -0.2) is 9.59 Å². The van der Waals surface area contributed by atoms with E-state index in [2.05, 4.69) is 10.6 Å². The minimum atomic E-state index is -1.10. The normalized spacial score (nSPS) is 18.9. The molecule has 2 atom stereocenters. The molecule has 1 aliphatic carbocycles. The van der Waals surface area contributed by atoms with Gasteiger partial charge in [-0.15, -0.1) is 0 Å². The molecule has 0 radical (unpaired) electrons. The number of rotatable bonds is 9. The smallest absolute Gasteiger partial charge is 0.412 e. The summed E-state index contributed by atoms with van der Waals surface area (Å²) in [4.78, 5) is 67.4. The standard InChI is InChI=1S/C34H42N4O8/c1-5-29(39)35-15-17-38-27-19-26(22(3)18-28(27)46-34(32(38)42)13-7-14-34)30(40)36-25-8-6-16-37(20-25)33(43)45-23(4)44-31(41)24-11-9-21(2)10-12-24/h9-12,18-19,23,25H,5-8,13-17,20H2,1-4H3,(H,35,39)(H,36,40). The Morgan fingerprint density at radius 2 is 1.80 bits per heavy atom. The van der Waals surface area contributed by atoms with Gasteiger partial charge in [0.25, 0.3) is 11.8 Å². The highest BCUT2D eigenvalue weighted by atomic mass is 16.7. The second-order valence-electron chi connectivity index (χ2n) is 12.2. The van der Waals surface area contributed by atoms with Crippen molar-refractivity contribution in [3.05, 3.63) is 58.7 Å². The summed E-state index contributed by atoms with van der Waals surface area (Å²) in [5.74, 6) is -0.655. The van der Waals surface area contributed by atoms with E-state index in [1.165, 1.54) is 11.8 Å². The quantitative estimate of drug-likeness (QED) is 0.311. The Hall–Kier alpha value is -4.61. The molecule has 2 fully saturated rings. The van der Waals surface area contributed by atoms with Crippen LogP contribution in [0, 0.1) is 13.8 Å². The number of nitrogens with one attached hydrogen (secondary N) is 2. The van der Waals surface area contributed by atoms with E-state index in [1.807, 2.05) is 13.8 Å². The molecule has 0 aromatic heterocycles. The number of carbonyl (C=O) groups excluding carboxylic acids is 5. The van der Waals surface area contributed by atoms with Crippen LogP contribution in [0.5, 0.6) is 5.75 Å². The maximum Gasteiger partial charge on any atom is 0.412 e. The highest BCUT2D eigenvalue weighted by Crippen LogP contribution is 2.47. The number of benzene rings is 2. The predicted molar refractivity (Wildman–Crippen MR) is 169 cm³/mol. The predicted octanol–water partition coefficient (Wildman–Crippen LogP) is 4.01. The number of aryl methyl sites for hydroxylation is 2. The summed E-state index contributed by atoms with van der Waals surface area (Å²) in [7, 11) is 0. The summed E-state index contributed by atoms with van der Waals surface area (Å²) in [6, 6.07) is 10.0. The highest BCUT2D eigenvalue weighted by Gasteiger charge is 2.52. The molecule has 1 saturated carbocycles. The number of piperidine rings is 1. The largest absolute Gasteiger partial charge is 0.475 e. The number of nitrogens with zero attached hydrogens (tertiary/aromatic N) is 2. The Kier molecular flexibility index (Phi) is 9.83. The summed E-state index contributed by atoms with van der Waals surface area (Å²) in [5.41, 5.74) is 2.04. The van der Waals surface area contributed by atoms with Crippen molar-refractivity contribution in [1.29, 1.82) is 0 Å². The highest BCUT2D eigenvalue weighted by molar-refractivity contribution is 6.05. The van der Waals surface area contributed by atoms with Crippen molar-refractivity contribution in [1.82, 2.24) is 15.5 Å². The first-order chi connectivity index (χ1) is 22.0. The SMILES string of the molecule is CCC(=O)NCCN1C(=O)C2(CCC2)Oc2cc(C)c(C(=O)NC3CCCN(C(=O)OC(C)OC(=O)c4ccc(C)cc4)C3)cc21. The van der Waals surface area contributed by atoms with Crippen LogP contribution in [0.2, 0.25) is 0 Å². The fourth-order valence-corrected chi connectivity index (χ4v) is 5.96. The molecule has 2 aromatic rings. The molecule has 1 spiro atoms. The molecular formula is C34H42N4O8. The van der Waals surface area contributed by atoms with Crippen molar-refractivity contribution in [2.75, 3.05) is 31.1 Å². The second-order valence-corrected chi connectivity index (χ2v) is 12.2. The van der Waals surface area contributed by atoms with Gasteiger partial charge in [0.05, 0.1) is 11.3 Å². The molecule has 2 heterocycles. The molecule has 1 saturated heterocycles. The van der Waals surface area contributed by atoms with Crippen LogP contribution in [-0.4, -0.2) is 78.8 Å². The van der Waals surface area contributed by atoms with Gasteiger partial charge in [-0.05, 0) is 75.8 Å². The maximum atomic E-state index is 13.6. The molecule has 46 heavy (non-hydrogen) atoms. The van der Waals surface area contributed by atoms with E-state index in [9.17, 15) is 24.0 Å². The number of ether oxygens (including phenoxy) is 3. The zero-order valence-electron chi connectivity index (χ0n) is 26.9. The number of amides is 4. The number of carbonyl (C=O) groups is 5. The van der Waals surface area contributed by atoms with Crippen LogP contribution in [0.1, 0.15) is 84.2 Å². The molecule has 2 aliphatic heterocycles. The Bertz CT molecular complexity index is 1500. The maximum absolute atomic E-state index is 13.6. The number of fused-ring (bicyclic) bond motifs is 1. The molecule has 2 unspecified atom stereocenters. The van der Waals surface area contributed by atoms with E-state index in [4.69, 9.17) is 14.2 Å². The van der Waals surface area contributed by atoms with Crippen LogP contribution in [0.3, 0.4) is 0 Å². The van der Waals surface area contributed by atoms with Crippen LogP contribution in [-0.2, 0) is 19.1 Å². The van der Waals surface area contributed by atoms with Crippen molar-refractivity contribution in [2.24, 2.45) is 0 Å². The number of anilines is 1. The molecular weight excluding hydrogens is 592 g/mol. The zero-order valence-corrected chi connectivity index (χ0v) is 26.9. The third-order valence-electron chi connectivity index (χ3n) is 8.76. The molecule has 12 heteroatoms. The van der Waals surface area contributed by atoms with Crippen molar-refractivity contribution < 1.29 is 38.2 Å². The number of likely N-dealkylation sites (tertiary alicyclic amines) is 1. The van der Waals surface area contributed by atoms with Gasteiger partial charge < -0.3 is 34.6 Å². The van der Waals surface area contributed by atoms with E-state index in [0.29, 0.717) is 66.8 Å². The minimum absolute atomic E-state index is 0.105. The fraction of sp³-hybridized carbons (Fsp3) is 0.500. The number of hydrogen-bond acceptors (Lipinski definition) is 8. The molecule has 2 N–H and O–H groups in total. The fourth-order valence-electron chi connectivity index (χ4n) is 5.96. The topological polar surface area (TPSA) is 144 Å². The van der Waals surface area contributed by atoms with Crippen LogP contribution >= 0.6 is 0 Å². The van der Waals surface area contributed by atoms with Gasteiger partial charge >= 0.3 is 12.1 Å². The summed E-state index contributed by atoms with van der Waals surface area (Å²) in [6.45, 7) is 8.17. The first-order valence-corrected chi connectivity index (χ1v) is 16.0. The second kappa shape index (κ2) is 13.8. The van der Waals surface area contributed by atoms with Crippen LogP contribution in [0.4, 0.5) is 10.5 Å². The summed E-state index contributed by atoms with van der Waals surface area (Å²) < 4.78 is 16.9. The van der Waals surface area contributed by atoms with Gasteiger partial charge in [-0.2, -0.15) is 0 Å². The van der Waals surface area contributed by atoms with E-state index < -0.39 is 24.0 Å². The van der Waals surface area contributed by atoms with E-state index >= 15 is 0 Å². The molecule has 2 aromatic carbocycles. The molecule has 4 amide bonds. The Labute approximate surface area is 268 Å². The lowest BCUT2D eigenvalue weighted by Crippen LogP contribution is -2.61. The number of hydrogen-bond donors (Lipinski definition) is 2. The van der Waals surface area contributed by atoms with Crippen molar-refractivity contribution in [3.63, 3.8) is 0 Å². The van der Waals surface area contributed by atoms with E-state index in [1.54, 1.807) is 48.2 Å². The Morgan fingerprint density at radius 3 is 2.48 bits per heavy atom. The van der Waals surface area contributed by atoms with Crippen molar-refractivity contribution in [2.45, 2.75) is 84.2 Å². The summed E-state index contributed by atoms with van der Waals surface area (Å²) in [5, 5.41) is 5.86. The molecule has 3 aliphatic rings. The van der Waals surface area contributed by atoms with Crippen LogP contribution < -0.4 is 20.3 Å². The molecule has 246 valence electrons. The Balaban J connectivity index is 1.22. The monoisotopic (exact) mass is 634 g/mol. The lowest BCUT2D eigenvalue weighted by molar-refractivity contribution is -0.143. The zero-order chi connectivity index (χ0) is 33.0.